The van der Waals surface area contributed by atoms with Crippen molar-refractivity contribution in [3.05, 3.63) is 71.9 Å². The van der Waals surface area contributed by atoms with Crippen LogP contribution in [0, 0.1) is 11.6 Å². The van der Waals surface area contributed by atoms with E-state index >= 15 is 0 Å². The maximum Gasteiger partial charge on any atom is 0.190 e. The SMILES string of the molecule is COCC1CCCN1Cc1ccc(-c2cnc(N)c(-c3nnnn3-c3cccc(F)c3F)c2)cc1. The first kappa shape index (κ1) is 23.0. The number of benzene rings is 2. The van der Waals surface area contributed by atoms with E-state index in [0.717, 1.165) is 48.0 Å². The molecule has 0 spiro atoms. The van der Waals surface area contributed by atoms with Gasteiger partial charge in [0.15, 0.2) is 17.5 Å². The highest BCUT2D eigenvalue weighted by Crippen LogP contribution is 2.30. The van der Waals surface area contributed by atoms with Crippen LogP contribution in [0.5, 0.6) is 0 Å². The van der Waals surface area contributed by atoms with Gasteiger partial charge in [0.25, 0.3) is 0 Å². The number of pyridine rings is 1. The minimum atomic E-state index is -1.05. The van der Waals surface area contributed by atoms with E-state index in [1.54, 1.807) is 19.4 Å². The molecule has 1 unspecified atom stereocenters. The minimum Gasteiger partial charge on any atom is -0.383 e. The summed E-state index contributed by atoms with van der Waals surface area (Å²) >= 11 is 0. The number of hydrogen-bond donors (Lipinski definition) is 1. The number of anilines is 1. The summed E-state index contributed by atoms with van der Waals surface area (Å²) in [6.45, 7) is 2.69. The van der Waals surface area contributed by atoms with E-state index in [0.29, 0.717) is 11.6 Å². The summed E-state index contributed by atoms with van der Waals surface area (Å²) in [6, 6.07) is 14.3. The van der Waals surface area contributed by atoms with E-state index in [1.807, 2.05) is 12.1 Å². The molecular formula is C25H25F2N7O. The van der Waals surface area contributed by atoms with E-state index in [1.165, 1.54) is 24.1 Å². The van der Waals surface area contributed by atoms with Gasteiger partial charge in [0.05, 0.1) is 12.2 Å². The first-order valence-electron chi connectivity index (χ1n) is 11.4. The smallest absolute Gasteiger partial charge is 0.190 e. The summed E-state index contributed by atoms with van der Waals surface area (Å²) in [5.41, 5.74) is 9.37. The number of halogens is 2. The molecule has 8 nitrogen and oxygen atoms in total. The molecule has 2 aromatic heterocycles. The lowest BCUT2D eigenvalue weighted by Crippen LogP contribution is -2.32. The highest BCUT2D eigenvalue weighted by molar-refractivity contribution is 5.76. The van der Waals surface area contributed by atoms with Crippen LogP contribution in [0.15, 0.2) is 54.7 Å². The molecule has 3 heterocycles. The second-order valence-electron chi connectivity index (χ2n) is 8.56. The summed E-state index contributed by atoms with van der Waals surface area (Å²) in [5, 5.41) is 11.5. The van der Waals surface area contributed by atoms with Crippen molar-refractivity contribution in [1.82, 2.24) is 30.1 Å². The molecule has 35 heavy (non-hydrogen) atoms. The zero-order valence-electron chi connectivity index (χ0n) is 19.2. The number of nitrogens with two attached hydrogens (primary N) is 1. The monoisotopic (exact) mass is 477 g/mol. The molecule has 4 aromatic rings. The van der Waals surface area contributed by atoms with Crippen LogP contribution in [0.1, 0.15) is 18.4 Å². The number of tetrazole rings is 1. The topological polar surface area (TPSA) is 95.0 Å². The van der Waals surface area contributed by atoms with Crippen molar-refractivity contribution in [3.63, 3.8) is 0 Å². The van der Waals surface area contributed by atoms with Gasteiger partial charge in [-0.3, -0.25) is 4.90 Å². The van der Waals surface area contributed by atoms with Crippen molar-refractivity contribution < 1.29 is 13.5 Å². The predicted octanol–water partition coefficient (Wildman–Crippen LogP) is 3.86. The quantitative estimate of drug-likeness (QED) is 0.432. The van der Waals surface area contributed by atoms with Crippen molar-refractivity contribution in [2.75, 3.05) is 26.0 Å². The second kappa shape index (κ2) is 9.85. The molecule has 1 aliphatic rings. The van der Waals surface area contributed by atoms with E-state index in [-0.39, 0.29) is 17.3 Å². The van der Waals surface area contributed by atoms with E-state index in [4.69, 9.17) is 10.5 Å². The number of rotatable bonds is 7. The van der Waals surface area contributed by atoms with Gasteiger partial charge in [-0.25, -0.2) is 13.8 Å². The van der Waals surface area contributed by atoms with Crippen LogP contribution in [0.4, 0.5) is 14.6 Å². The molecule has 1 atom stereocenters. The predicted molar refractivity (Wildman–Crippen MR) is 127 cm³/mol. The Morgan fingerprint density at radius 1 is 1.11 bits per heavy atom. The maximum atomic E-state index is 14.4. The third kappa shape index (κ3) is 4.62. The lowest BCUT2D eigenvalue weighted by molar-refractivity contribution is 0.112. The van der Waals surface area contributed by atoms with Gasteiger partial charge in [-0.15, -0.1) is 5.10 Å². The fraction of sp³-hybridized carbons (Fsp3) is 0.280. The Morgan fingerprint density at radius 3 is 2.74 bits per heavy atom. The van der Waals surface area contributed by atoms with Gasteiger partial charge in [0.1, 0.15) is 11.5 Å². The van der Waals surface area contributed by atoms with Gasteiger partial charge < -0.3 is 10.5 Å². The molecule has 0 radical (unpaired) electrons. The highest BCUT2D eigenvalue weighted by atomic mass is 19.2. The summed E-state index contributed by atoms with van der Waals surface area (Å²) in [5.74, 6) is -1.70. The van der Waals surface area contributed by atoms with Crippen LogP contribution in [0.2, 0.25) is 0 Å². The molecule has 10 heteroatoms. The Labute approximate surface area is 201 Å². The summed E-state index contributed by atoms with van der Waals surface area (Å²) in [6.07, 6.45) is 4.01. The fourth-order valence-corrected chi connectivity index (χ4v) is 4.51. The first-order chi connectivity index (χ1) is 17.0. The maximum absolute atomic E-state index is 14.4. The summed E-state index contributed by atoms with van der Waals surface area (Å²) < 4.78 is 34.7. The highest BCUT2D eigenvalue weighted by Gasteiger charge is 2.24. The van der Waals surface area contributed by atoms with Gasteiger partial charge >= 0.3 is 0 Å². The zero-order chi connectivity index (χ0) is 24.4. The first-order valence-corrected chi connectivity index (χ1v) is 11.4. The molecule has 180 valence electrons. The van der Waals surface area contributed by atoms with Crippen LogP contribution < -0.4 is 5.73 Å². The van der Waals surface area contributed by atoms with E-state index in [2.05, 4.69) is 37.5 Å². The number of aromatic nitrogens is 5. The second-order valence-corrected chi connectivity index (χ2v) is 8.56. The van der Waals surface area contributed by atoms with Crippen LogP contribution >= 0.6 is 0 Å². The fourth-order valence-electron chi connectivity index (χ4n) is 4.51. The number of nitrogen functional groups attached to an aromatic ring is 1. The van der Waals surface area contributed by atoms with Crippen molar-refractivity contribution in [3.8, 4) is 28.2 Å². The zero-order valence-corrected chi connectivity index (χ0v) is 19.2. The van der Waals surface area contributed by atoms with Gasteiger partial charge in [-0.05, 0) is 59.1 Å². The van der Waals surface area contributed by atoms with Gasteiger partial charge in [-0.2, -0.15) is 4.68 Å². The molecule has 0 saturated carbocycles. The van der Waals surface area contributed by atoms with Crippen molar-refractivity contribution in [1.29, 1.82) is 0 Å². The number of methoxy groups -OCH3 is 1. The van der Waals surface area contributed by atoms with Gasteiger partial charge in [-0.1, -0.05) is 30.3 Å². The lowest BCUT2D eigenvalue weighted by atomic mass is 10.0. The number of hydrogen-bond acceptors (Lipinski definition) is 7. The molecule has 2 aromatic carbocycles. The van der Waals surface area contributed by atoms with Gasteiger partial charge in [0.2, 0.25) is 0 Å². The number of likely N-dealkylation sites (tertiary alicyclic amines) is 1. The van der Waals surface area contributed by atoms with Crippen LogP contribution in [-0.2, 0) is 11.3 Å². The van der Waals surface area contributed by atoms with Crippen molar-refractivity contribution in [2.45, 2.75) is 25.4 Å². The average Bonchev–Trinajstić information content (AvgIpc) is 3.52. The molecule has 5 rings (SSSR count). The third-order valence-electron chi connectivity index (χ3n) is 6.32. The molecule has 0 amide bonds. The Bertz CT molecular complexity index is 1330. The molecule has 0 aliphatic carbocycles. The van der Waals surface area contributed by atoms with E-state index in [9.17, 15) is 8.78 Å². The Balaban J connectivity index is 1.42. The average molecular weight is 478 g/mol. The molecule has 1 saturated heterocycles. The largest absolute Gasteiger partial charge is 0.383 e. The van der Waals surface area contributed by atoms with Crippen molar-refractivity contribution in [2.24, 2.45) is 0 Å². The third-order valence-corrected chi connectivity index (χ3v) is 6.32. The molecule has 0 bridgehead atoms. The summed E-state index contributed by atoms with van der Waals surface area (Å²) in [7, 11) is 1.74. The minimum absolute atomic E-state index is 0.118. The molecule has 1 fully saturated rings. The number of nitrogens with zero attached hydrogens (tertiary/aromatic N) is 6. The lowest BCUT2D eigenvalue weighted by Gasteiger charge is -2.23. The normalized spacial score (nSPS) is 16.1. The van der Waals surface area contributed by atoms with E-state index < -0.39 is 11.6 Å². The van der Waals surface area contributed by atoms with Crippen LogP contribution in [0.25, 0.3) is 28.2 Å². The Kier molecular flexibility index (Phi) is 6.47. The Hall–Kier alpha value is -3.76. The van der Waals surface area contributed by atoms with Crippen molar-refractivity contribution >= 4 is 5.82 Å². The van der Waals surface area contributed by atoms with Crippen LogP contribution in [0.3, 0.4) is 0 Å². The Morgan fingerprint density at radius 2 is 1.94 bits per heavy atom. The van der Waals surface area contributed by atoms with Crippen LogP contribution in [-0.4, -0.2) is 56.4 Å². The number of ether oxygens (including phenoxy) is 1. The molecule has 2 N–H and O–H groups in total. The van der Waals surface area contributed by atoms with Gasteiger partial charge in [0, 0.05) is 31.5 Å². The molecular weight excluding hydrogens is 452 g/mol. The summed E-state index contributed by atoms with van der Waals surface area (Å²) in [4.78, 5) is 6.75. The molecule has 1 aliphatic heterocycles. The standard InChI is InChI=1S/C25H25F2N7O/c1-35-15-19-4-3-11-33(19)14-16-7-9-17(10-8-16)18-12-20(24(28)29-13-18)25-30-31-32-34(25)22-6-2-5-21(26)23(22)27/h2,5-10,12-13,19H,3-4,11,14-15H2,1H3,(H2,28,29).